The van der Waals surface area contributed by atoms with E-state index < -0.39 is 11.6 Å². The van der Waals surface area contributed by atoms with Gasteiger partial charge >= 0.3 is 5.69 Å². The van der Waals surface area contributed by atoms with E-state index in [0.29, 0.717) is 29.4 Å². The van der Waals surface area contributed by atoms with Gasteiger partial charge in [-0.25, -0.2) is 19.3 Å². The molecule has 3 rings (SSSR count). The standard InChI is InChI=1S/C18H21N5O4/c1-9(2)7-13-20-14(16(19)24)15-17(21-13)23(18(25)22-15)11-6-5-10(26-3)8-12(11)27-4/h5-6,8-9H,7H2,1-4H3,(H2,19,24)(H,22,25). The number of H-pyrrole nitrogens is 1. The Morgan fingerprint density at radius 2 is 2.00 bits per heavy atom. The zero-order valence-electron chi connectivity index (χ0n) is 15.6. The number of nitrogens with one attached hydrogen (secondary N) is 1. The number of ether oxygens (including phenoxy) is 2. The van der Waals surface area contributed by atoms with Crippen molar-refractivity contribution in [2.24, 2.45) is 11.7 Å². The van der Waals surface area contributed by atoms with E-state index >= 15 is 0 Å². The molecule has 27 heavy (non-hydrogen) atoms. The molecule has 2 aromatic heterocycles. The van der Waals surface area contributed by atoms with Gasteiger partial charge in [0.25, 0.3) is 5.91 Å². The average molecular weight is 371 g/mol. The summed E-state index contributed by atoms with van der Waals surface area (Å²) in [4.78, 5) is 35.9. The van der Waals surface area contributed by atoms with Crippen LogP contribution in [0.2, 0.25) is 0 Å². The zero-order valence-corrected chi connectivity index (χ0v) is 15.6. The van der Waals surface area contributed by atoms with Crippen LogP contribution in [0, 0.1) is 5.92 Å². The first-order valence-electron chi connectivity index (χ1n) is 8.39. The molecule has 142 valence electrons. The summed E-state index contributed by atoms with van der Waals surface area (Å²) in [6, 6.07) is 5.04. The Balaban J connectivity index is 2.34. The predicted molar refractivity (Wildman–Crippen MR) is 99.6 cm³/mol. The fourth-order valence-corrected chi connectivity index (χ4v) is 2.86. The molecule has 0 fully saturated rings. The van der Waals surface area contributed by atoms with Crippen LogP contribution < -0.4 is 20.9 Å². The molecule has 0 atom stereocenters. The SMILES string of the molecule is COc1ccc(-n2c(=O)[nH]c3c(C(N)=O)nc(CC(C)C)nc32)c(OC)c1. The highest BCUT2D eigenvalue weighted by Gasteiger charge is 2.21. The molecule has 0 saturated carbocycles. The molecule has 0 bridgehead atoms. The average Bonchev–Trinajstić information content (AvgIpc) is 2.95. The van der Waals surface area contributed by atoms with Crippen molar-refractivity contribution in [3.05, 3.63) is 40.2 Å². The van der Waals surface area contributed by atoms with Crippen molar-refractivity contribution in [3.8, 4) is 17.2 Å². The highest BCUT2D eigenvalue weighted by Crippen LogP contribution is 2.29. The number of primary amides is 1. The van der Waals surface area contributed by atoms with Crippen molar-refractivity contribution in [1.82, 2.24) is 19.5 Å². The third-order valence-corrected chi connectivity index (χ3v) is 4.04. The lowest BCUT2D eigenvalue weighted by Crippen LogP contribution is -2.17. The number of benzene rings is 1. The minimum atomic E-state index is -0.734. The summed E-state index contributed by atoms with van der Waals surface area (Å²) in [5.41, 5.74) is 5.89. The molecule has 0 aliphatic carbocycles. The quantitative estimate of drug-likeness (QED) is 0.675. The Morgan fingerprint density at radius 3 is 2.59 bits per heavy atom. The van der Waals surface area contributed by atoms with Crippen molar-refractivity contribution >= 4 is 17.1 Å². The fourth-order valence-electron chi connectivity index (χ4n) is 2.86. The van der Waals surface area contributed by atoms with Gasteiger partial charge in [0, 0.05) is 12.5 Å². The Labute approximate surface area is 155 Å². The molecule has 3 N–H and O–H groups in total. The second-order valence-corrected chi connectivity index (χ2v) is 6.45. The lowest BCUT2D eigenvalue weighted by Gasteiger charge is -2.12. The first-order valence-corrected chi connectivity index (χ1v) is 8.39. The number of fused-ring (bicyclic) bond motifs is 1. The van der Waals surface area contributed by atoms with Crippen molar-refractivity contribution in [1.29, 1.82) is 0 Å². The number of hydrogen-bond donors (Lipinski definition) is 2. The lowest BCUT2D eigenvalue weighted by molar-refractivity contribution is 0.0996. The molecule has 0 saturated heterocycles. The molecule has 9 nitrogen and oxygen atoms in total. The van der Waals surface area contributed by atoms with E-state index in [-0.39, 0.29) is 22.8 Å². The van der Waals surface area contributed by atoms with Gasteiger partial charge in [0.05, 0.1) is 19.9 Å². The van der Waals surface area contributed by atoms with Crippen molar-refractivity contribution in [3.63, 3.8) is 0 Å². The molecule has 0 aliphatic heterocycles. The highest BCUT2D eigenvalue weighted by molar-refractivity contribution is 6.01. The number of nitrogens with two attached hydrogens (primary N) is 1. The minimum Gasteiger partial charge on any atom is -0.497 e. The molecule has 3 aromatic rings. The zero-order chi connectivity index (χ0) is 19.7. The molecular weight excluding hydrogens is 350 g/mol. The predicted octanol–water partition coefficient (Wildman–Crippen LogP) is 1.42. The summed E-state index contributed by atoms with van der Waals surface area (Å²) < 4.78 is 11.9. The maximum atomic E-state index is 12.7. The van der Waals surface area contributed by atoms with E-state index in [0.717, 1.165) is 0 Å². The number of imidazole rings is 1. The van der Waals surface area contributed by atoms with Gasteiger partial charge in [-0.05, 0) is 18.1 Å². The van der Waals surface area contributed by atoms with Crippen LogP contribution in [0.5, 0.6) is 11.5 Å². The second-order valence-electron chi connectivity index (χ2n) is 6.45. The van der Waals surface area contributed by atoms with Crippen LogP contribution >= 0.6 is 0 Å². The van der Waals surface area contributed by atoms with Gasteiger partial charge in [-0.2, -0.15) is 0 Å². The van der Waals surface area contributed by atoms with E-state index in [4.69, 9.17) is 15.2 Å². The number of nitrogens with zero attached hydrogens (tertiary/aromatic N) is 3. The lowest BCUT2D eigenvalue weighted by atomic mass is 10.1. The first kappa shape index (κ1) is 18.4. The fraction of sp³-hybridized carbons (Fsp3) is 0.333. The molecule has 0 unspecified atom stereocenters. The van der Waals surface area contributed by atoms with E-state index in [9.17, 15) is 9.59 Å². The van der Waals surface area contributed by atoms with E-state index in [1.165, 1.54) is 18.8 Å². The Kier molecular flexibility index (Phi) is 4.85. The maximum Gasteiger partial charge on any atom is 0.332 e. The van der Waals surface area contributed by atoms with Crippen molar-refractivity contribution in [2.45, 2.75) is 20.3 Å². The van der Waals surface area contributed by atoms with Crippen LogP contribution in [0.1, 0.15) is 30.2 Å². The Morgan fingerprint density at radius 1 is 1.26 bits per heavy atom. The van der Waals surface area contributed by atoms with Crippen LogP contribution in [-0.2, 0) is 6.42 Å². The molecule has 1 aromatic carbocycles. The molecule has 0 aliphatic rings. The van der Waals surface area contributed by atoms with Crippen molar-refractivity contribution in [2.75, 3.05) is 14.2 Å². The number of methoxy groups -OCH3 is 2. The van der Waals surface area contributed by atoms with Crippen LogP contribution in [-0.4, -0.2) is 39.6 Å². The number of rotatable bonds is 6. The summed E-state index contributed by atoms with van der Waals surface area (Å²) in [6.07, 6.45) is 0.537. The van der Waals surface area contributed by atoms with Crippen molar-refractivity contribution < 1.29 is 14.3 Å². The Hall–Kier alpha value is -3.36. The molecular formula is C18H21N5O4. The van der Waals surface area contributed by atoms with Gasteiger partial charge in [-0.15, -0.1) is 0 Å². The third-order valence-electron chi connectivity index (χ3n) is 4.04. The van der Waals surface area contributed by atoms with Gasteiger partial charge in [0.1, 0.15) is 22.8 Å². The number of aromatic amines is 1. The summed E-state index contributed by atoms with van der Waals surface area (Å²) in [6.45, 7) is 4.02. The van der Waals surface area contributed by atoms with Gasteiger partial charge in [0.2, 0.25) is 0 Å². The number of carbonyl (C=O) groups is 1. The molecule has 0 radical (unpaired) electrons. The largest absolute Gasteiger partial charge is 0.497 e. The molecule has 0 spiro atoms. The summed E-state index contributed by atoms with van der Waals surface area (Å²) in [5.74, 6) is 0.963. The number of aromatic nitrogens is 4. The number of carbonyl (C=O) groups excluding carboxylic acids is 1. The Bertz CT molecular complexity index is 1070. The number of hydrogen-bond acceptors (Lipinski definition) is 6. The normalized spacial score (nSPS) is 11.1. The summed E-state index contributed by atoms with van der Waals surface area (Å²) >= 11 is 0. The van der Waals surface area contributed by atoms with Gasteiger partial charge < -0.3 is 20.2 Å². The molecule has 2 heterocycles. The van der Waals surface area contributed by atoms with E-state index in [1.807, 2.05) is 13.8 Å². The van der Waals surface area contributed by atoms with Gasteiger partial charge in [-0.3, -0.25) is 4.79 Å². The first-order chi connectivity index (χ1) is 12.8. The maximum absolute atomic E-state index is 12.7. The third kappa shape index (κ3) is 3.35. The van der Waals surface area contributed by atoms with E-state index in [2.05, 4.69) is 15.0 Å². The second kappa shape index (κ2) is 7.10. The van der Waals surface area contributed by atoms with Gasteiger partial charge in [-0.1, -0.05) is 13.8 Å². The smallest absolute Gasteiger partial charge is 0.332 e. The van der Waals surface area contributed by atoms with Crippen LogP contribution in [0.15, 0.2) is 23.0 Å². The molecule has 1 amide bonds. The highest BCUT2D eigenvalue weighted by atomic mass is 16.5. The summed E-state index contributed by atoms with van der Waals surface area (Å²) in [7, 11) is 3.03. The van der Waals surface area contributed by atoms with E-state index in [1.54, 1.807) is 18.2 Å². The number of amides is 1. The van der Waals surface area contributed by atoms with Crippen LogP contribution in [0.3, 0.4) is 0 Å². The monoisotopic (exact) mass is 371 g/mol. The topological polar surface area (TPSA) is 125 Å². The van der Waals surface area contributed by atoms with Crippen LogP contribution in [0.25, 0.3) is 16.9 Å². The van der Waals surface area contributed by atoms with Gasteiger partial charge in [0.15, 0.2) is 11.3 Å². The van der Waals surface area contributed by atoms with Crippen LogP contribution in [0.4, 0.5) is 0 Å². The minimum absolute atomic E-state index is 0.0148. The summed E-state index contributed by atoms with van der Waals surface area (Å²) in [5, 5.41) is 0. The molecule has 9 heteroatoms.